The lowest BCUT2D eigenvalue weighted by Crippen LogP contribution is -2.23. The number of methoxy groups -OCH3 is 1. The molecule has 0 aliphatic rings. The fourth-order valence-corrected chi connectivity index (χ4v) is 2.62. The smallest absolute Gasteiger partial charge is 0.257 e. The van der Waals surface area contributed by atoms with Gasteiger partial charge in [0.25, 0.3) is 5.91 Å². The van der Waals surface area contributed by atoms with E-state index in [1.807, 2.05) is 54.6 Å². The van der Waals surface area contributed by atoms with Crippen molar-refractivity contribution >= 4 is 5.91 Å². The van der Waals surface area contributed by atoms with Crippen LogP contribution in [0, 0.1) is 0 Å². The third kappa shape index (κ3) is 5.39. The maximum Gasteiger partial charge on any atom is 0.257 e. The van der Waals surface area contributed by atoms with Gasteiger partial charge in [0, 0.05) is 12.7 Å². The molecule has 5 heteroatoms. The van der Waals surface area contributed by atoms with Gasteiger partial charge in [0.05, 0.1) is 20.3 Å². The molecule has 0 saturated heterocycles. The van der Waals surface area contributed by atoms with Crippen molar-refractivity contribution in [2.24, 2.45) is 0 Å². The van der Waals surface area contributed by atoms with Gasteiger partial charge in [0.2, 0.25) is 5.88 Å². The van der Waals surface area contributed by atoms with Crippen molar-refractivity contribution in [3.8, 4) is 5.88 Å². The Bertz CT molecular complexity index is 864. The van der Waals surface area contributed by atoms with Gasteiger partial charge in [-0.3, -0.25) is 4.79 Å². The highest BCUT2D eigenvalue weighted by Gasteiger charge is 2.12. The molecular formula is C22H22N2O3. The number of rotatable bonds is 8. The minimum atomic E-state index is -0.213. The van der Waals surface area contributed by atoms with Gasteiger partial charge in [-0.25, -0.2) is 4.98 Å². The Balaban J connectivity index is 1.48. The largest absolute Gasteiger partial charge is 0.480 e. The van der Waals surface area contributed by atoms with E-state index in [1.54, 1.807) is 18.3 Å². The second kappa shape index (κ2) is 9.50. The van der Waals surface area contributed by atoms with Crippen LogP contribution in [0.15, 0.2) is 72.9 Å². The first-order valence-electron chi connectivity index (χ1n) is 8.73. The summed E-state index contributed by atoms with van der Waals surface area (Å²) in [5.74, 6) is 0.108. The van der Waals surface area contributed by atoms with E-state index >= 15 is 0 Å². The van der Waals surface area contributed by atoms with Gasteiger partial charge in [-0.2, -0.15) is 0 Å². The Labute approximate surface area is 159 Å². The minimum absolute atomic E-state index is 0.213. The number of ether oxygens (including phenoxy) is 2. The third-order valence-corrected chi connectivity index (χ3v) is 4.07. The number of aromatic nitrogens is 1. The van der Waals surface area contributed by atoms with E-state index in [0.29, 0.717) is 31.2 Å². The van der Waals surface area contributed by atoms with E-state index in [2.05, 4.69) is 10.3 Å². The fraction of sp³-hybridized carbons (Fsp3) is 0.182. The second-order valence-corrected chi connectivity index (χ2v) is 6.04. The topological polar surface area (TPSA) is 60.5 Å². The Morgan fingerprint density at radius 2 is 1.56 bits per heavy atom. The van der Waals surface area contributed by atoms with E-state index < -0.39 is 0 Å². The second-order valence-electron chi connectivity index (χ2n) is 6.04. The van der Waals surface area contributed by atoms with Crippen molar-refractivity contribution in [1.82, 2.24) is 10.3 Å². The van der Waals surface area contributed by atoms with Crippen LogP contribution in [-0.4, -0.2) is 18.0 Å². The molecule has 0 radical (unpaired) electrons. The number of hydrogen-bond donors (Lipinski definition) is 1. The van der Waals surface area contributed by atoms with Crippen molar-refractivity contribution < 1.29 is 14.3 Å². The van der Waals surface area contributed by atoms with Crippen molar-refractivity contribution in [3.05, 3.63) is 95.2 Å². The Morgan fingerprint density at radius 3 is 2.26 bits per heavy atom. The standard InChI is InChI=1S/C22H22N2O3/c1-26-22-20(8-5-13-23-22)21(25)24-14-17-9-11-19(12-10-17)16-27-15-18-6-3-2-4-7-18/h2-13H,14-16H2,1H3,(H,24,25). The van der Waals surface area contributed by atoms with Crippen molar-refractivity contribution in [2.45, 2.75) is 19.8 Å². The first-order valence-corrected chi connectivity index (χ1v) is 8.73. The molecule has 1 aromatic heterocycles. The van der Waals surface area contributed by atoms with Gasteiger partial charge in [0.15, 0.2) is 0 Å². The zero-order valence-electron chi connectivity index (χ0n) is 15.2. The van der Waals surface area contributed by atoms with Crippen molar-refractivity contribution in [3.63, 3.8) is 0 Å². The summed E-state index contributed by atoms with van der Waals surface area (Å²) in [6.45, 7) is 1.57. The van der Waals surface area contributed by atoms with Crippen LogP contribution >= 0.6 is 0 Å². The van der Waals surface area contributed by atoms with Crippen LogP contribution in [0.1, 0.15) is 27.0 Å². The lowest BCUT2D eigenvalue weighted by molar-refractivity contribution is 0.0947. The number of amides is 1. The molecule has 0 atom stereocenters. The van der Waals surface area contributed by atoms with Crippen LogP contribution < -0.4 is 10.1 Å². The highest BCUT2D eigenvalue weighted by atomic mass is 16.5. The van der Waals surface area contributed by atoms with Crippen LogP contribution in [-0.2, 0) is 24.5 Å². The van der Waals surface area contributed by atoms with Crippen LogP contribution in [0.3, 0.4) is 0 Å². The predicted molar refractivity (Wildman–Crippen MR) is 103 cm³/mol. The lowest BCUT2D eigenvalue weighted by atomic mass is 10.1. The number of pyridine rings is 1. The molecule has 2 aromatic carbocycles. The highest BCUT2D eigenvalue weighted by molar-refractivity contribution is 5.96. The molecule has 3 rings (SSSR count). The van der Waals surface area contributed by atoms with Gasteiger partial charge < -0.3 is 14.8 Å². The monoisotopic (exact) mass is 362 g/mol. The van der Waals surface area contributed by atoms with Crippen LogP contribution in [0.5, 0.6) is 5.88 Å². The van der Waals surface area contributed by atoms with E-state index in [-0.39, 0.29) is 5.91 Å². The molecule has 0 unspecified atom stereocenters. The van der Waals surface area contributed by atoms with Crippen molar-refractivity contribution in [1.29, 1.82) is 0 Å². The fourth-order valence-electron chi connectivity index (χ4n) is 2.62. The Kier molecular flexibility index (Phi) is 6.55. The molecule has 0 fully saturated rings. The highest BCUT2D eigenvalue weighted by Crippen LogP contribution is 2.14. The first-order chi connectivity index (χ1) is 13.3. The quantitative estimate of drug-likeness (QED) is 0.663. The molecule has 0 aliphatic carbocycles. The van der Waals surface area contributed by atoms with Crippen molar-refractivity contribution in [2.75, 3.05) is 7.11 Å². The van der Waals surface area contributed by atoms with Crippen LogP contribution in [0.4, 0.5) is 0 Å². The molecular weight excluding hydrogens is 340 g/mol. The summed E-state index contributed by atoms with van der Waals surface area (Å²) in [6.07, 6.45) is 1.59. The van der Waals surface area contributed by atoms with Gasteiger partial charge in [-0.15, -0.1) is 0 Å². The summed E-state index contributed by atoms with van der Waals surface area (Å²) < 4.78 is 10.9. The molecule has 5 nitrogen and oxygen atoms in total. The molecule has 3 aromatic rings. The summed E-state index contributed by atoms with van der Waals surface area (Å²) in [6, 6.07) is 21.5. The van der Waals surface area contributed by atoms with E-state index in [4.69, 9.17) is 9.47 Å². The summed E-state index contributed by atoms with van der Waals surface area (Å²) in [5.41, 5.74) is 3.68. The molecule has 138 valence electrons. The first kappa shape index (κ1) is 18.6. The average molecular weight is 362 g/mol. The molecule has 1 heterocycles. The Morgan fingerprint density at radius 1 is 0.889 bits per heavy atom. The predicted octanol–water partition coefficient (Wildman–Crippen LogP) is 3.74. The molecule has 0 spiro atoms. The molecule has 27 heavy (non-hydrogen) atoms. The average Bonchev–Trinajstić information content (AvgIpc) is 2.73. The number of benzene rings is 2. The van der Waals surface area contributed by atoms with Gasteiger partial charge >= 0.3 is 0 Å². The summed E-state index contributed by atoms with van der Waals surface area (Å²) in [4.78, 5) is 16.3. The number of carbonyl (C=O) groups excluding carboxylic acids is 1. The zero-order chi connectivity index (χ0) is 18.9. The van der Waals surface area contributed by atoms with Gasteiger partial charge in [0.1, 0.15) is 5.56 Å². The maximum absolute atomic E-state index is 12.3. The summed E-state index contributed by atoms with van der Waals surface area (Å²) in [7, 11) is 1.50. The number of carbonyl (C=O) groups is 1. The van der Waals surface area contributed by atoms with Gasteiger partial charge in [-0.1, -0.05) is 54.6 Å². The molecule has 0 saturated carbocycles. The Hall–Kier alpha value is -3.18. The number of nitrogens with zero attached hydrogens (tertiary/aromatic N) is 1. The van der Waals surface area contributed by atoms with E-state index in [0.717, 1.165) is 16.7 Å². The third-order valence-electron chi connectivity index (χ3n) is 4.07. The van der Waals surface area contributed by atoms with E-state index in [1.165, 1.54) is 7.11 Å². The zero-order valence-corrected chi connectivity index (χ0v) is 15.2. The lowest BCUT2D eigenvalue weighted by Gasteiger charge is -2.09. The normalized spacial score (nSPS) is 10.4. The summed E-state index contributed by atoms with van der Waals surface area (Å²) >= 11 is 0. The van der Waals surface area contributed by atoms with Gasteiger partial charge in [-0.05, 0) is 28.8 Å². The number of hydrogen-bond acceptors (Lipinski definition) is 4. The minimum Gasteiger partial charge on any atom is -0.480 e. The summed E-state index contributed by atoms with van der Waals surface area (Å²) in [5, 5.41) is 2.88. The molecule has 1 amide bonds. The number of nitrogens with one attached hydrogen (secondary N) is 1. The molecule has 0 aliphatic heterocycles. The van der Waals surface area contributed by atoms with E-state index in [9.17, 15) is 4.79 Å². The molecule has 0 bridgehead atoms. The van der Waals surface area contributed by atoms with Crippen LogP contribution in [0.25, 0.3) is 0 Å². The SMILES string of the molecule is COc1ncccc1C(=O)NCc1ccc(COCc2ccccc2)cc1. The maximum atomic E-state index is 12.3. The van der Waals surface area contributed by atoms with Crippen LogP contribution in [0.2, 0.25) is 0 Å². The molecule has 1 N–H and O–H groups in total.